The molecule has 0 aromatic heterocycles. The number of amides is 1. The van der Waals surface area contributed by atoms with Gasteiger partial charge in [-0.1, -0.05) is 30.4 Å². The van der Waals surface area contributed by atoms with E-state index in [9.17, 15) is 13.2 Å². The molecule has 118 valence electrons. The van der Waals surface area contributed by atoms with Crippen LogP contribution in [-0.2, 0) is 14.8 Å². The second-order valence-electron chi connectivity index (χ2n) is 5.04. The number of rotatable bonds is 3. The Morgan fingerprint density at radius 1 is 1.09 bits per heavy atom. The first-order chi connectivity index (χ1) is 10.9. The Balaban J connectivity index is 1.86. The van der Waals surface area contributed by atoms with Crippen LogP contribution >= 0.6 is 0 Å². The number of carbonyl (C=O) groups is 1. The number of hydrogen-bond donors (Lipinski definition) is 2. The Kier molecular flexibility index (Phi) is 3.89. The number of nitrogens with one attached hydrogen (secondary N) is 1. The lowest BCUT2D eigenvalue weighted by molar-refractivity contribution is -0.118. The topological polar surface area (TPSA) is 98.5 Å². The van der Waals surface area contributed by atoms with E-state index in [1.807, 2.05) is 12.1 Å². The third-order valence-corrected chi connectivity index (χ3v) is 4.20. The molecule has 7 heteroatoms. The smallest absolute Gasteiger partial charge is 0.262 e. The molecule has 1 amide bonds. The number of primary sulfonamides is 1. The van der Waals surface area contributed by atoms with Crippen molar-refractivity contribution in [1.29, 1.82) is 0 Å². The standard InChI is InChI=1S/C16H14N2O4S/c17-23(20,21)13-3-1-2-11(8-13)4-5-12-6-7-15-14(9-12)18-16(19)10-22-15/h1-9H,10H2,(H,18,19)(H2,17,20,21). The van der Waals surface area contributed by atoms with E-state index in [0.29, 0.717) is 17.0 Å². The molecule has 0 aliphatic carbocycles. The van der Waals surface area contributed by atoms with Crippen molar-refractivity contribution in [1.82, 2.24) is 0 Å². The summed E-state index contributed by atoms with van der Waals surface area (Å²) >= 11 is 0. The van der Waals surface area contributed by atoms with Gasteiger partial charge in [-0.3, -0.25) is 4.79 Å². The van der Waals surface area contributed by atoms with E-state index >= 15 is 0 Å². The minimum atomic E-state index is -3.72. The molecule has 23 heavy (non-hydrogen) atoms. The van der Waals surface area contributed by atoms with Crippen LogP contribution in [0.3, 0.4) is 0 Å². The maximum Gasteiger partial charge on any atom is 0.262 e. The summed E-state index contributed by atoms with van der Waals surface area (Å²) in [6.07, 6.45) is 3.57. The highest BCUT2D eigenvalue weighted by Gasteiger charge is 2.15. The van der Waals surface area contributed by atoms with Gasteiger partial charge < -0.3 is 10.1 Å². The van der Waals surface area contributed by atoms with E-state index in [1.54, 1.807) is 30.3 Å². The first kappa shape index (κ1) is 15.3. The van der Waals surface area contributed by atoms with Crippen molar-refractivity contribution in [3.8, 4) is 5.75 Å². The molecule has 1 aliphatic heterocycles. The van der Waals surface area contributed by atoms with Gasteiger partial charge in [-0.25, -0.2) is 13.6 Å². The van der Waals surface area contributed by atoms with Gasteiger partial charge in [-0.2, -0.15) is 0 Å². The van der Waals surface area contributed by atoms with Crippen LogP contribution in [0.1, 0.15) is 11.1 Å². The molecule has 1 aliphatic rings. The molecule has 0 spiro atoms. The highest BCUT2D eigenvalue weighted by atomic mass is 32.2. The van der Waals surface area contributed by atoms with Crippen molar-refractivity contribution in [3.05, 3.63) is 53.6 Å². The largest absolute Gasteiger partial charge is 0.482 e. The maximum atomic E-state index is 11.4. The fourth-order valence-corrected chi connectivity index (χ4v) is 2.76. The minimum absolute atomic E-state index is 0.0164. The summed E-state index contributed by atoms with van der Waals surface area (Å²) in [6.45, 7) is 0.0164. The van der Waals surface area contributed by atoms with Crippen LogP contribution in [0.5, 0.6) is 5.75 Å². The predicted octanol–water partition coefficient (Wildman–Crippen LogP) is 1.84. The average molecular weight is 330 g/mol. The molecular weight excluding hydrogens is 316 g/mol. The molecule has 2 aromatic carbocycles. The van der Waals surface area contributed by atoms with Crippen molar-refractivity contribution in [2.24, 2.45) is 5.14 Å². The molecular formula is C16H14N2O4S. The van der Waals surface area contributed by atoms with Crippen LogP contribution in [0.2, 0.25) is 0 Å². The molecule has 0 radical (unpaired) electrons. The average Bonchev–Trinajstić information content (AvgIpc) is 2.52. The second-order valence-corrected chi connectivity index (χ2v) is 6.60. The van der Waals surface area contributed by atoms with Crippen molar-refractivity contribution in [3.63, 3.8) is 0 Å². The predicted molar refractivity (Wildman–Crippen MR) is 87.3 cm³/mol. The molecule has 0 saturated carbocycles. The maximum absolute atomic E-state index is 11.4. The number of ether oxygens (including phenoxy) is 1. The SMILES string of the molecule is NS(=O)(=O)c1cccc(C=Cc2ccc3c(c2)NC(=O)CO3)c1. The highest BCUT2D eigenvalue weighted by molar-refractivity contribution is 7.89. The number of fused-ring (bicyclic) bond motifs is 1. The van der Waals surface area contributed by atoms with Crippen LogP contribution in [0.25, 0.3) is 12.2 Å². The monoisotopic (exact) mass is 330 g/mol. The summed E-state index contributed by atoms with van der Waals surface area (Å²) in [4.78, 5) is 11.4. The number of benzene rings is 2. The number of hydrogen-bond acceptors (Lipinski definition) is 4. The quantitative estimate of drug-likeness (QED) is 0.839. The Hall–Kier alpha value is -2.64. The van der Waals surface area contributed by atoms with Gasteiger partial charge in [0.05, 0.1) is 10.6 Å². The fourth-order valence-electron chi connectivity index (χ4n) is 2.19. The molecule has 2 aromatic rings. The molecule has 0 atom stereocenters. The molecule has 0 unspecified atom stereocenters. The number of carbonyl (C=O) groups excluding carboxylic acids is 1. The summed E-state index contributed by atoms with van der Waals surface area (Å²) in [6, 6.07) is 11.7. The molecule has 3 N–H and O–H groups in total. The van der Waals surface area contributed by atoms with Crippen molar-refractivity contribution in [2.75, 3.05) is 11.9 Å². The van der Waals surface area contributed by atoms with Gasteiger partial charge in [0.1, 0.15) is 5.75 Å². The Morgan fingerprint density at radius 3 is 2.57 bits per heavy atom. The van der Waals surface area contributed by atoms with E-state index in [4.69, 9.17) is 9.88 Å². The molecule has 0 fully saturated rings. The lowest BCUT2D eigenvalue weighted by Crippen LogP contribution is -2.25. The van der Waals surface area contributed by atoms with E-state index in [2.05, 4.69) is 5.32 Å². The first-order valence-corrected chi connectivity index (χ1v) is 8.34. The number of nitrogens with two attached hydrogens (primary N) is 1. The lowest BCUT2D eigenvalue weighted by Gasteiger charge is -2.17. The van der Waals surface area contributed by atoms with Crippen molar-refractivity contribution < 1.29 is 17.9 Å². The minimum Gasteiger partial charge on any atom is -0.482 e. The van der Waals surface area contributed by atoms with E-state index in [0.717, 1.165) is 5.56 Å². The van der Waals surface area contributed by atoms with Crippen molar-refractivity contribution >= 4 is 33.8 Å². The molecule has 0 bridgehead atoms. The van der Waals surface area contributed by atoms with Crippen LogP contribution in [0, 0.1) is 0 Å². The van der Waals surface area contributed by atoms with E-state index in [-0.39, 0.29) is 17.4 Å². The third kappa shape index (κ3) is 3.58. The lowest BCUT2D eigenvalue weighted by atomic mass is 10.1. The second kappa shape index (κ2) is 5.86. The number of sulfonamides is 1. The van der Waals surface area contributed by atoms with Crippen molar-refractivity contribution in [2.45, 2.75) is 4.90 Å². The Labute approximate surface area is 133 Å². The highest BCUT2D eigenvalue weighted by Crippen LogP contribution is 2.29. The zero-order valence-corrected chi connectivity index (χ0v) is 12.8. The zero-order chi connectivity index (χ0) is 16.4. The van der Waals surface area contributed by atoms with Crippen LogP contribution in [0.4, 0.5) is 5.69 Å². The zero-order valence-electron chi connectivity index (χ0n) is 12.0. The molecule has 6 nitrogen and oxygen atoms in total. The summed E-state index contributed by atoms with van der Waals surface area (Å²) in [5.74, 6) is 0.428. The molecule has 0 saturated heterocycles. The van der Waals surface area contributed by atoms with Gasteiger partial charge in [0.25, 0.3) is 5.91 Å². The Bertz CT molecular complexity index is 904. The van der Waals surface area contributed by atoms with E-state index in [1.165, 1.54) is 12.1 Å². The van der Waals surface area contributed by atoms with Gasteiger partial charge in [0, 0.05) is 0 Å². The summed E-state index contributed by atoms with van der Waals surface area (Å²) in [5.41, 5.74) is 2.16. The third-order valence-electron chi connectivity index (χ3n) is 3.29. The van der Waals surface area contributed by atoms with Gasteiger partial charge in [-0.15, -0.1) is 0 Å². The normalized spacial score (nSPS) is 14.2. The summed E-state index contributed by atoms with van der Waals surface area (Å²) in [5, 5.41) is 7.85. The summed E-state index contributed by atoms with van der Waals surface area (Å²) < 4.78 is 28.0. The van der Waals surface area contributed by atoms with Crippen LogP contribution in [-0.4, -0.2) is 20.9 Å². The molecule has 3 rings (SSSR count). The molecule has 1 heterocycles. The first-order valence-electron chi connectivity index (χ1n) is 6.79. The van der Waals surface area contributed by atoms with Gasteiger partial charge in [0.2, 0.25) is 10.0 Å². The fraction of sp³-hybridized carbons (Fsp3) is 0.0625. The van der Waals surface area contributed by atoms with Crippen LogP contribution in [0.15, 0.2) is 47.4 Å². The number of anilines is 1. The van der Waals surface area contributed by atoms with Crippen LogP contribution < -0.4 is 15.2 Å². The van der Waals surface area contributed by atoms with Gasteiger partial charge in [-0.05, 0) is 35.4 Å². The van der Waals surface area contributed by atoms with E-state index < -0.39 is 10.0 Å². The van der Waals surface area contributed by atoms with Gasteiger partial charge >= 0.3 is 0 Å². The summed E-state index contributed by atoms with van der Waals surface area (Å²) in [7, 11) is -3.72. The Morgan fingerprint density at radius 2 is 1.83 bits per heavy atom. The van der Waals surface area contributed by atoms with Gasteiger partial charge in [0.15, 0.2) is 6.61 Å².